The molecule has 0 bridgehead atoms. The number of amides is 1. The maximum atomic E-state index is 14.6. The van der Waals surface area contributed by atoms with E-state index in [1.54, 1.807) is 6.92 Å². The summed E-state index contributed by atoms with van der Waals surface area (Å²) < 4.78 is 25.1. The monoisotopic (exact) mass is 414 g/mol. The highest BCUT2D eigenvalue weighted by molar-refractivity contribution is 7.17. The molecule has 1 aliphatic rings. The Kier molecular flexibility index (Phi) is 4.56. The first-order valence-corrected chi connectivity index (χ1v) is 9.39. The van der Waals surface area contributed by atoms with Gasteiger partial charge in [-0.1, -0.05) is 17.0 Å². The molecule has 148 valence electrons. The lowest BCUT2D eigenvalue weighted by molar-refractivity contribution is 0.0999. The molecule has 1 aromatic carbocycles. The van der Waals surface area contributed by atoms with E-state index in [0.717, 1.165) is 11.3 Å². The van der Waals surface area contributed by atoms with Gasteiger partial charge in [-0.05, 0) is 13.0 Å². The fourth-order valence-electron chi connectivity index (χ4n) is 2.78. The van der Waals surface area contributed by atoms with E-state index in [1.165, 1.54) is 19.1 Å². The topological polar surface area (TPSA) is 124 Å². The third-order valence-corrected chi connectivity index (χ3v) is 5.37. The minimum absolute atomic E-state index is 0.0168. The highest BCUT2D eigenvalue weighted by Gasteiger charge is 2.27. The summed E-state index contributed by atoms with van der Waals surface area (Å²) in [5.74, 6) is 4.55. The lowest BCUT2D eigenvalue weighted by Gasteiger charge is -2.11. The first-order chi connectivity index (χ1) is 13.7. The van der Waals surface area contributed by atoms with E-state index in [2.05, 4.69) is 27.0 Å². The molecule has 1 atom stereocenters. The zero-order valence-corrected chi connectivity index (χ0v) is 16.3. The highest BCUT2D eigenvalue weighted by Crippen LogP contribution is 2.40. The van der Waals surface area contributed by atoms with Gasteiger partial charge in [0.15, 0.2) is 10.6 Å². The summed E-state index contributed by atoms with van der Waals surface area (Å²) in [6, 6.07) is 2.73. The molecule has 0 spiro atoms. The standard InChI is InChI=1S/C19H15FN4O4S/c1-9-22-18(24-28-9)19(2,26)5-3-10-7-11-14(8-12(10)20)27-6-4-13-15(11)29-17(23-13)16(21)25/h7-8,26H,4,6H2,1-2H3,(H2,21,25). The van der Waals surface area contributed by atoms with Crippen LogP contribution < -0.4 is 10.5 Å². The summed E-state index contributed by atoms with van der Waals surface area (Å²) in [6.07, 6.45) is 0.461. The van der Waals surface area contributed by atoms with E-state index in [4.69, 9.17) is 15.0 Å². The van der Waals surface area contributed by atoms with Crippen molar-refractivity contribution in [3.05, 3.63) is 45.9 Å². The van der Waals surface area contributed by atoms with Gasteiger partial charge in [0, 0.05) is 25.0 Å². The van der Waals surface area contributed by atoms with Crippen LogP contribution >= 0.6 is 11.3 Å². The summed E-state index contributed by atoms with van der Waals surface area (Å²) in [5.41, 5.74) is 4.86. The molecular formula is C19H15FN4O4S. The Balaban J connectivity index is 1.79. The van der Waals surface area contributed by atoms with Gasteiger partial charge in [-0.3, -0.25) is 4.79 Å². The second-order valence-electron chi connectivity index (χ2n) is 6.54. The average molecular weight is 414 g/mol. The Morgan fingerprint density at radius 3 is 2.90 bits per heavy atom. The summed E-state index contributed by atoms with van der Waals surface area (Å²) >= 11 is 1.12. The minimum Gasteiger partial charge on any atom is -0.492 e. The lowest BCUT2D eigenvalue weighted by atomic mass is 10.0. The van der Waals surface area contributed by atoms with Crippen LogP contribution in [0.1, 0.15) is 39.7 Å². The summed E-state index contributed by atoms with van der Waals surface area (Å²) in [5, 5.41) is 14.3. The van der Waals surface area contributed by atoms with Gasteiger partial charge in [0.25, 0.3) is 5.91 Å². The van der Waals surface area contributed by atoms with Crippen LogP contribution in [0.15, 0.2) is 16.7 Å². The number of hydrogen-bond acceptors (Lipinski definition) is 8. The molecule has 0 fully saturated rings. The number of hydrogen-bond donors (Lipinski definition) is 2. The predicted octanol–water partition coefficient (Wildman–Crippen LogP) is 1.93. The summed E-state index contributed by atoms with van der Waals surface area (Å²) in [7, 11) is 0. The first kappa shape index (κ1) is 19.0. The molecule has 3 heterocycles. The molecule has 1 unspecified atom stereocenters. The van der Waals surface area contributed by atoms with Crippen LogP contribution in [0.3, 0.4) is 0 Å². The number of carbonyl (C=O) groups excluding carboxylic acids is 1. The largest absolute Gasteiger partial charge is 0.492 e. The number of nitrogens with two attached hydrogens (primary N) is 1. The van der Waals surface area contributed by atoms with Crippen molar-refractivity contribution < 1.29 is 23.6 Å². The Hall–Kier alpha value is -3.29. The van der Waals surface area contributed by atoms with Crippen LogP contribution in [0, 0.1) is 24.6 Å². The number of benzene rings is 1. The molecule has 2 aromatic heterocycles. The predicted molar refractivity (Wildman–Crippen MR) is 101 cm³/mol. The maximum Gasteiger partial charge on any atom is 0.277 e. The number of aryl methyl sites for hydroxylation is 1. The first-order valence-electron chi connectivity index (χ1n) is 8.57. The number of halogens is 1. The quantitative estimate of drug-likeness (QED) is 0.614. The second-order valence-corrected chi connectivity index (χ2v) is 7.54. The molecule has 0 aliphatic carbocycles. The van der Waals surface area contributed by atoms with Crippen LogP contribution in [-0.2, 0) is 12.0 Å². The minimum atomic E-state index is -1.73. The molecule has 0 radical (unpaired) electrons. The fraction of sp³-hybridized carbons (Fsp3) is 0.263. The van der Waals surface area contributed by atoms with E-state index in [-0.39, 0.29) is 28.9 Å². The van der Waals surface area contributed by atoms with Crippen LogP contribution in [0.4, 0.5) is 4.39 Å². The molecule has 0 saturated carbocycles. The van der Waals surface area contributed by atoms with E-state index < -0.39 is 17.3 Å². The van der Waals surface area contributed by atoms with E-state index in [0.29, 0.717) is 28.3 Å². The number of aliphatic hydroxyl groups is 1. The van der Waals surface area contributed by atoms with Gasteiger partial charge in [0.1, 0.15) is 11.6 Å². The van der Waals surface area contributed by atoms with Gasteiger partial charge in [0.2, 0.25) is 11.7 Å². The van der Waals surface area contributed by atoms with Gasteiger partial charge in [-0.15, -0.1) is 11.3 Å². The van der Waals surface area contributed by atoms with E-state index >= 15 is 0 Å². The molecule has 1 amide bonds. The Morgan fingerprint density at radius 1 is 1.41 bits per heavy atom. The van der Waals surface area contributed by atoms with Crippen molar-refractivity contribution >= 4 is 17.2 Å². The van der Waals surface area contributed by atoms with Crippen LogP contribution in [-0.4, -0.2) is 32.7 Å². The van der Waals surface area contributed by atoms with Crippen molar-refractivity contribution in [1.82, 2.24) is 15.1 Å². The number of fused-ring (bicyclic) bond motifs is 3. The number of aromatic nitrogens is 3. The van der Waals surface area contributed by atoms with E-state index in [9.17, 15) is 14.3 Å². The SMILES string of the molecule is Cc1nc(C(C)(O)C#Cc2cc3c(cc2F)OCCc2nc(C(N)=O)sc2-3)no1. The van der Waals surface area contributed by atoms with E-state index in [1.807, 2.05) is 0 Å². The van der Waals surface area contributed by atoms with Crippen molar-refractivity contribution in [2.75, 3.05) is 6.61 Å². The van der Waals surface area contributed by atoms with Crippen LogP contribution in [0.5, 0.6) is 5.75 Å². The number of ether oxygens (including phenoxy) is 1. The summed E-state index contributed by atoms with van der Waals surface area (Å²) in [6.45, 7) is 3.26. The zero-order valence-electron chi connectivity index (χ0n) is 15.4. The number of thiazole rings is 1. The maximum absolute atomic E-state index is 14.6. The second kappa shape index (κ2) is 6.95. The molecular weight excluding hydrogens is 399 g/mol. The van der Waals surface area contributed by atoms with Gasteiger partial charge >= 0.3 is 0 Å². The highest BCUT2D eigenvalue weighted by atomic mass is 32.1. The Morgan fingerprint density at radius 2 is 2.21 bits per heavy atom. The smallest absolute Gasteiger partial charge is 0.277 e. The Labute approximate surface area is 168 Å². The van der Waals surface area contributed by atoms with Crippen molar-refractivity contribution in [3.8, 4) is 28.0 Å². The van der Waals surface area contributed by atoms with Crippen molar-refractivity contribution in [3.63, 3.8) is 0 Å². The Bertz CT molecular complexity index is 1190. The third kappa shape index (κ3) is 3.57. The van der Waals surface area contributed by atoms with Crippen molar-refractivity contribution in [1.29, 1.82) is 0 Å². The molecule has 4 rings (SSSR count). The third-order valence-electron chi connectivity index (χ3n) is 4.22. The number of primary amides is 1. The number of nitrogens with zero attached hydrogens (tertiary/aromatic N) is 3. The molecule has 29 heavy (non-hydrogen) atoms. The van der Waals surface area contributed by atoms with Gasteiger partial charge < -0.3 is 20.1 Å². The molecule has 1 aliphatic heterocycles. The van der Waals surface area contributed by atoms with Gasteiger partial charge in [-0.25, -0.2) is 9.37 Å². The van der Waals surface area contributed by atoms with Gasteiger partial charge in [0.05, 0.1) is 22.7 Å². The fourth-order valence-corrected chi connectivity index (χ4v) is 3.77. The molecule has 0 saturated heterocycles. The molecule has 3 N–H and O–H groups in total. The molecule has 3 aromatic rings. The van der Waals surface area contributed by atoms with Crippen molar-refractivity contribution in [2.24, 2.45) is 5.73 Å². The lowest BCUT2D eigenvalue weighted by Crippen LogP contribution is -2.20. The molecule has 10 heteroatoms. The average Bonchev–Trinajstić information content (AvgIpc) is 3.25. The molecule has 8 nitrogen and oxygen atoms in total. The number of carbonyl (C=O) groups is 1. The number of rotatable bonds is 2. The normalized spacial score (nSPS) is 14.5. The van der Waals surface area contributed by atoms with Gasteiger partial charge in [-0.2, -0.15) is 4.98 Å². The summed E-state index contributed by atoms with van der Waals surface area (Å²) in [4.78, 5) is 20.4. The zero-order chi connectivity index (χ0) is 20.8. The van der Waals surface area contributed by atoms with Crippen molar-refractivity contribution in [2.45, 2.75) is 25.9 Å². The van der Waals surface area contributed by atoms with Crippen LogP contribution in [0.2, 0.25) is 0 Å². The van der Waals surface area contributed by atoms with Crippen LogP contribution in [0.25, 0.3) is 10.4 Å².